The SMILES string of the molecule is CCC/C(=C\c1ccc(O)cc1)CC[C@H]1OB(O)C[C@H]2C1=C(CC)C[C@H]1C(=O)c3ccccc3C(=O)[C@H]12. The number of phenols is 1. The second-order valence-electron chi connectivity index (χ2n) is 10.6. The van der Waals surface area contributed by atoms with Crippen molar-refractivity contribution in [1.29, 1.82) is 0 Å². The predicted molar refractivity (Wildman–Crippen MR) is 145 cm³/mol. The molecule has 37 heavy (non-hydrogen) atoms. The summed E-state index contributed by atoms with van der Waals surface area (Å²) in [6, 6.07) is 14.4. The molecule has 0 saturated carbocycles. The quantitative estimate of drug-likeness (QED) is 0.347. The Labute approximate surface area is 219 Å². The highest BCUT2D eigenvalue weighted by molar-refractivity contribution is 6.43. The first-order valence-electron chi connectivity index (χ1n) is 13.6. The van der Waals surface area contributed by atoms with Crippen molar-refractivity contribution in [2.45, 2.75) is 64.8 Å². The third-order valence-corrected chi connectivity index (χ3v) is 8.35. The van der Waals surface area contributed by atoms with Gasteiger partial charge in [0.1, 0.15) is 5.75 Å². The van der Waals surface area contributed by atoms with E-state index in [0.717, 1.165) is 36.8 Å². The van der Waals surface area contributed by atoms with E-state index in [9.17, 15) is 19.7 Å². The lowest BCUT2D eigenvalue weighted by Crippen LogP contribution is -2.50. The van der Waals surface area contributed by atoms with Gasteiger partial charge in [0.15, 0.2) is 11.6 Å². The molecule has 5 rings (SSSR count). The van der Waals surface area contributed by atoms with Crippen LogP contribution >= 0.6 is 0 Å². The van der Waals surface area contributed by atoms with E-state index in [0.29, 0.717) is 30.3 Å². The van der Waals surface area contributed by atoms with Crippen LogP contribution in [0.15, 0.2) is 65.3 Å². The number of fused-ring (bicyclic) bond motifs is 4. The first kappa shape index (κ1) is 25.7. The molecule has 0 unspecified atom stereocenters. The van der Waals surface area contributed by atoms with Crippen LogP contribution in [-0.4, -0.2) is 34.9 Å². The molecule has 0 radical (unpaired) electrons. The molecule has 2 N–H and O–H groups in total. The molecule has 2 aromatic rings. The number of hydrogen-bond acceptors (Lipinski definition) is 5. The van der Waals surface area contributed by atoms with Crippen molar-refractivity contribution in [3.8, 4) is 5.75 Å². The van der Waals surface area contributed by atoms with E-state index in [1.807, 2.05) is 24.3 Å². The van der Waals surface area contributed by atoms with Crippen LogP contribution in [0.2, 0.25) is 6.32 Å². The first-order chi connectivity index (χ1) is 17.9. The average molecular weight is 498 g/mol. The Bertz CT molecular complexity index is 1240. The Morgan fingerprint density at radius 2 is 1.70 bits per heavy atom. The van der Waals surface area contributed by atoms with Gasteiger partial charge in [-0.1, -0.05) is 73.9 Å². The minimum absolute atomic E-state index is 0.0320. The van der Waals surface area contributed by atoms with Crippen molar-refractivity contribution in [3.05, 3.63) is 81.9 Å². The summed E-state index contributed by atoms with van der Waals surface area (Å²) >= 11 is 0. The van der Waals surface area contributed by atoms with Crippen molar-refractivity contribution in [1.82, 2.24) is 0 Å². The van der Waals surface area contributed by atoms with Gasteiger partial charge in [-0.2, -0.15) is 0 Å². The first-order valence-corrected chi connectivity index (χ1v) is 13.6. The van der Waals surface area contributed by atoms with Crippen LogP contribution in [0.4, 0.5) is 0 Å². The smallest absolute Gasteiger partial charge is 0.455 e. The van der Waals surface area contributed by atoms with Gasteiger partial charge in [-0.3, -0.25) is 9.59 Å². The van der Waals surface area contributed by atoms with Crippen molar-refractivity contribution in [3.63, 3.8) is 0 Å². The Kier molecular flexibility index (Phi) is 7.50. The maximum atomic E-state index is 13.7. The normalized spacial score (nSPS) is 25.6. The summed E-state index contributed by atoms with van der Waals surface area (Å²) in [7, 11) is -0.952. The van der Waals surface area contributed by atoms with Crippen LogP contribution in [0.3, 0.4) is 0 Å². The summed E-state index contributed by atoms with van der Waals surface area (Å²) in [6.07, 6.45) is 7.14. The molecule has 0 bridgehead atoms. The molecule has 1 heterocycles. The fraction of sp³-hybridized carbons (Fsp3) is 0.419. The molecule has 3 aliphatic rings. The third-order valence-electron chi connectivity index (χ3n) is 8.35. The van der Waals surface area contributed by atoms with Crippen LogP contribution < -0.4 is 0 Å². The van der Waals surface area contributed by atoms with E-state index >= 15 is 0 Å². The maximum Gasteiger partial charge on any atom is 0.455 e. The Hall–Kier alpha value is -2.96. The minimum Gasteiger partial charge on any atom is -0.508 e. The van der Waals surface area contributed by atoms with Gasteiger partial charge in [-0.25, -0.2) is 0 Å². The number of Topliss-reactive ketones (excluding diaryl/α,β-unsaturated/α-hetero) is 2. The number of allylic oxidation sites excluding steroid dienone is 2. The number of aromatic hydroxyl groups is 1. The van der Waals surface area contributed by atoms with Gasteiger partial charge >= 0.3 is 7.12 Å². The summed E-state index contributed by atoms with van der Waals surface area (Å²) in [4.78, 5) is 27.2. The zero-order valence-corrected chi connectivity index (χ0v) is 21.7. The molecule has 1 fully saturated rings. The lowest BCUT2D eigenvalue weighted by molar-refractivity contribution is 0.0599. The van der Waals surface area contributed by atoms with Crippen LogP contribution in [0.1, 0.15) is 78.7 Å². The van der Waals surface area contributed by atoms with Crippen molar-refractivity contribution in [2.24, 2.45) is 17.8 Å². The number of carbonyl (C=O) groups is 2. The van der Waals surface area contributed by atoms with Crippen LogP contribution in [-0.2, 0) is 4.65 Å². The third kappa shape index (κ3) is 4.97. The molecule has 0 aromatic heterocycles. The van der Waals surface area contributed by atoms with E-state index in [1.54, 1.807) is 24.3 Å². The van der Waals surface area contributed by atoms with E-state index < -0.39 is 13.0 Å². The minimum atomic E-state index is -0.952. The highest BCUT2D eigenvalue weighted by Gasteiger charge is 2.53. The average Bonchev–Trinajstić information content (AvgIpc) is 2.90. The summed E-state index contributed by atoms with van der Waals surface area (Å²) in [5.74, 6) is -0.631. The van der Waals surface area contributed by atoms with Gasteiger partial charge in [0.05, 0.1) is 6.10 Å². The molecule has 5 nitrogen and oxygen atoms in total. The molecule has 4 atom stereocenters. The standard InChI is InChI=1S/C31H35BO5/c1-3-7-19(16-20-10-13-22(33)14-11-20)12-15-27-28-21(4-2)17-25-29(26(28)18-32(36)37-27)31(35)24-9-6-5-8-23(24)30(25)34/h5-6,8-11,13-14,16,25-27,29,33,36H,3-4,7,12,15,17-18H2,1-2H3/b19-16+/t25-,26+,27-,29-/m1/s1. The van der Waals surface area contributed by atoms with E-state index in [4.69, 9.17) is 4.65 Å². The number of benzene rings is 2. The molecule has 1 aliphatic heterocycles. The van der Waals surface area contributed by atoms with Crippen LogP contribution in [0.25, 0.3) is 6.08 Å². The summed E-state index contributed by atoms with van der Waals surface area (Å²) in [5.41, 5.74) is 5.76. The lowest BCUT2D eigenvalue weighted by Gasteiger charge is -2.47. The monoisotopic (exact) mass is 498 g/mol. The fourth-order valence-electron chi connectivity index (χ4n) is 6.72. The molecular weight excluding hydrogens is 463 g/mol. The molecule has 192 valence electrons. The van der Waals surface area contributed by atoms with E-state index in [-0.39, 0.29) is 35.3 Å². The van der Waals surface area contributed by atoms with Gasteiger partial charge in [0, 0.05) is 23.0 Å². The largest absolute Gasteiger partial charge is 0.508 e. The zero-order chi connectivity index (χ0) is 26.1. The Balaban J connectivity index is 1.45. The van der Waals surface area contributed by atoms with Crippen LogP contribution in [0.5, 0.6) is 5.75 Å². The second-order valence-corrected chi connectivity index (χ2v) is 10.6. The van der Waals surface area contributed by atoms with Gasteiger partial charge in [-0.05, 0) is 67.6 Å². The number of phenolic OH excluding ortho intramolecular Hbond substituents is 1. The summed E-state index contributed by atoms with van der Waals surface area (Å²) in [5, 5.41) is 20.4. The lowest BCUT2D eigenvalue weighted by atomic mass is 9.54. The summed E-state index contributed by atoms with van der Waals surface area (Å²) < 4.78 is 6.13. The van der Waals surface area contributed by atoms with Crippen molar-refractivity contribution >= 4 is 24.8 Å². The Morgan fingerprint density at radius 1 is 1.00 bits per heavy atom. The molecular formula is C31H35BO5. The highest BCUT2D eigenvalue weighted by Crippen LogP contribution is 2.51. The van der Waals surface area contributed by atoms with E-state index in [2.05, 4.69) is 19.9 Å². The molecule has 6 heteroatoms. The van der Waals surface area contributed by atoms with Gasteiger partial charge in [-0.15, -0.1) is 0 Å². The number of ketones is 2. The van der Waals surface area contributed by atoms with Crippen molar-refractivity contribution in [2.75, 3.05) is 0 Å². The summed E-state index contributed by atoms with van der Waals surface area (Å²) in [6.45, 7) is 4.27. The van der Waals surface area contributed by atoms with Gasteiger partial charge < -0.3 is 14.8 Å². The highest BCUT2D eigenvalue weighted by atomic mass is 16.5. The molecule has 0 spiro atoms. The molecule has 1 saturated heterocycles. The predicted octanol–water partition coefficient (Wildman–Crippen LogP) is 6.27. The molecule has 2 aliphatic carbocycles. The molecule has 2 aromatic carbocycles. The van der Waals surface area contributed by atoms with Crippen molar-refractivity contribution < 1.29 is 24.4 Å². The fourth-order valence-corrected chi connectivity index (χ4v) is 6.72. The number of rotatable bonds is 7. The number of carbonyl (C=O) groups excluding carboxylic acids is 2. The van der Waals surface area contributed by atoms with Crippen LogP contribution in [0, 0.1) is 17.8 Å². The zero-order valence-electron chi connectivity index (χ0n) is 21.7. The molecule has 0 amide bonds. The number of hydrogen-bond donors (Lipinski definition) is 2. The van der Waals surface area contributed by atoms with Gasteiger partial charge in [0.25, 0.3) is 0 Å². The maximum absolute atomic E-state index is 13.7. The van der Waals surface area contributed by atoms with Gasteiger partial charge in [0.2, 0.25) is 0 Å². The second kappa shape index (κ2) is 10.8. The topological polar surface area (TPSA) is 83.8 Å². The van der Waals surface area contributed by atoms with E-state index in [1.165, 1.54) is 11.1 Å². The Morgan fingerprint density at radius 3 is 2.38 bits per heavy atom.